The van der Waals surface area contributed by atoms with E-state index in [0.29, 0.717) is 11.4 Å². The summed E-state index contributed by atoms with van der Waals surface area (Å²) in [6.45, 7) is 5.48. The van der Waals surface area contributed by atoms with Crippen molar-refractivity contribution in [2.24, 2.45) is 0 Å². The minimum absolute atomic E-state index is 0.0454. The third kappa shape index (κ3) is 4.45. The first-order valence-electron chi connectivity index (χ1n) is 6.97. The summed E-state index contributed by atoms with van der Waals surface area (Å²) < 4.78 is 19.9. The van der Waals surface area contributed by atoms with Gasteiger partial charge in [-0.15, -0.1) is 0 Å². The standard InChI is InChI=1S/C17H16BrClFNO2/c1-9-6-12(18)7-10(2)16(9)23-11(3)17(22)21-13-4-5-15(20)14(19)8-13/h4-8,11H,1-3H3,(H,21,22). The molecule has 1 N–H and O–H groups in total. The zero-order chi connectivity index (χ0) is 17.1. The number of amides is 1. The molecule has 0 aromatic heterocycles. The van der Waals surface area contributed by atoms with Crippen LogP contribution in [0.5, 0.6) is 5.75 Å². The number of hydrogen-bond donors (Lipinski definition) is 1. The minimum atomic E-state index is -0.711. The molecule has 122 valence electrons. The summed E-state index contributed by atoms with van der Waals surface area (Å²) in [6, 6.07) is 7.85. The van der Waals surface area contributed by atoms with Gasteiger partial charge in [-0.2, -0.15) is 0 Å². The Balaban J connectivity index is 2.10. The van der Waals surface area contributed by atoms with Crippen molar-refractivity contribution < 1.29 is 13.9 Å². The van der Waals surface area contributed by atoms with Crippen molar-refractivity contribution in [1.29, 1.82) is 0 Å². The number of benzene rings is 2. The lowest BCUT2D eigenvalue weighted by molar-refractivity contribution is -0.122. The van der Waals surface area contributed by atoms with Crippen molar-refractivity contribution in [3.63, 3.8) is 0 Å². The van der Waals surface area contributed by atoms with E-state index in [4.69, 9.17) is 16.3 Å². The molecule has 1 atom stereocenters. The smallest absolute Gasteiger partial charge is 0.265 e. The van der Waals surface area contributed by atoms with Gasteiger partial charge in [-0.05, 0) is 62.2 Å². The normalized spacial score (nSPS) is 11.9. The predicted octanol–water partition coefficient (Wildman–Crippen LogP) is 5.26. The van der Waals surface area contributed by atoms with Crippen molar-refractivity contribution in [2.45, 2.75) is 26.9 Å². The van der Waals surface area contributed by atoms with E-state index in [1.807, 2.05) is 26.0 Å². The second kappa shape index (κ2) is 7.32. The van der Waals surface area contributed by atoms with E-state index >= 15 is 0 Å². The van der Waals surface area contributed by atoms with Crippen molar-refractivity contribution in [1.82, 2.24) is 0 Å². The quantitative estimate of drug-likeness (QED) is 0.760. The number of aryl methyl sites for hydroxylation is 2. The maximum atomic E-state index is 13.1. The molecular weight excluding hydrogens is 385 g/mol. The van der Waals surface area contributed by atoms with E-state index in [9.17, 15) is 9.18 Å². The summed E-state index contributed by atoms with van der Waals surface area (Å²) in [4.78, 5) is 12.2. The number of hydrogen-bond acceptors (Lipinski definition) is 2. The second-order valence-corrected chi connectivity index (χ2v) is 6.57. The van der Waals surface area contributed by atoms with E-state index < -0.39 is 11.9 Å². The zero-order valence-electron chi connectivity index (χ0n) is 12.9. The molecule has 6 heteroatoms. The Morgan fingerprint density at radius 2 is 1.87 bits per heavy atom. The van der Waals surface area contributed by atoms with Crippen LogP contribution >= 0.6 is 27.5 Å². The number of ether oxygens (including phenoxy) is 1. The van der Waals surface area contributed by atoms with Gasteiger partial charge in [0.1, 0.15) is 11.6 Å². The molecule has 0 saturated heterocycles. The van der Waals surface area contributed by atoms with Crippen LogP contribution in [0, 0.1) is 19.7 Å². The molecule has 1 amide bonds. The molecule has 0 aliphatic heterocycles. The summed E-state index contributed by atoms with van der Waals surface area (Å²) in [5.74, 6) is -0.197. The molecule has 0 aliphatic rings. The fourth-order valence-electron chi connectivity index (χ4n) is 2.13. The van der Waals surface area contributed by atoms with Crippen molar-refractivity contribution in [3.8, 4) is 5.75 Å². The van der Waals surface area contributed by atoms with Crippen LogP contribution in [0.3, 0.4) is 0 Å². The molecule has 0 fully saturated rings. The summed E-state index contributed by atoms with van der Waals surface area (Å²) >= 11 is 9.12. The number of carbonyl (C=O) groups excluding carboxylic acids is 1. The zero-order valence-corrected chi connectivity index (χ0v) is 15.3. The lowest BCUT2D eigenvalue weighted by atomic mass is 10.1. The average molecular weight is 401 g/mol. The van der Waals surface area contributed by atoms with Crippen LogP contribution < -0.4 is 10.1 Å². The minimum Gasteiger partial charge on any atom is -0.480 e. The fraction of sp³-hybridized carbons (Fsp3) is 0.235. The van der Waals surface area contributed by atoms with Crippen LogP contribution in [-0.4, -0.2) is 12.0 Å². The van der Waals surface area contributed by atoms with Gasteiger partial charge in [-0.25, -0.2) is 4.39 Å². The van der Waals surface area contributed by atoms with Crippen LogP contribution in [0.2, 0.25) is 5.02 Å². The monoisotopic (exact) mass is 399 g/mol. The molecule has 0 bridgehead atoms. The number of rotatable bonds is 4. The van der Waals surface area contributed by atoms with E-state index in [0.717, 1.165) is 15.6 Å². The summed E-state index contributed by atoms with van der Waals surface area (Å²) in [5.41, 5.74) is 2.28. The summed E-state index contributed by atoms with van der Waals surface area (Å²) in [7, 11) is 0. The molecule has 0 radical (unpaired) electrons. The van der Waals surface area contributed by atoms with Crippen LogP contribution in [0.25, 0.3) is 0 Å². The van der Waals surface area contributed by atoms with Crippen LogP contribution in [0.15, 0.2) is 34.8 Å². The maximum absolute atomic E-state index is 13.1. The molecule has 0 saturated carbocycles. The number of halogens is 3. The number of carbonyl (C=O) groups is 1. The van der Waals surface area contributed by atoms with E-state index in [1.165, 1.54) is 18.2 Å². The highest BCUT2D eigenvalue weighted by molar-refractivity contribution is 9.10. The average Bonchev–Trinajstić information content (AvgIpc) is 2.46. The molecule has 0 heterocycles. The third-order valence-electron chi connectivity index (χ3n) is 3.28. The number of nitrogens with one attached hydrogen (secondary N) is 1. The third-order valence-corrected chi connectivity index (χ3v) is 4.02. The van der Waals surface area contributed by atoms with Gasteiger partial charge in [0.05, 0.1) is 5.02 Å². The molecule has 2 rings (SSSR count). The summed E-state index contributed by atoms with van der Waals surface area (Å²) in [5, 5.41) is 2.61. The van der Waals surface area contributed by atoms with Gasteiger partial charge in [0.25, 0.3) is 5.91 Å². The highest BCUT2D eigenvalue weighted by Gasteiger charge is 2.18. The Labute approximate surface area is 147 Å². The van der Waals surface area contributed by atoms with E-state index in [2.05, 4.69) is 21.2 Å². The first kappa shape index (κ1) is 17.8. The lowest BCUT2D eigenvalue weighted by Crippen LogP contribution is -2.30. The van der Waals surface area contributed by atoms with Crippen molar-refractivity contribution in [2.75, 3.05) is 5.32 Å². The van der Waals surface area contributed by atoms with Gasteiger partial charge < -0.3 is 10.1 Å². The summed E-state index contributed by atoms with van der Waals surface area (Å²) in [6.07, 6.45) is -0.711. The Kier molecular flexibility index (Phi) is 5.65. The Morgan fingerprint density at radius 1 is 1.26 bits per heavy atom. The van der Waals surface area contributed by atoms with Crippen molar-refractivity contribution >= 4 is 39.1 Å². The molecule has 0 aliphatic carbocycles. The Bertz CT molecular complexity index is 728. The molecular formula is C17H16BrClFNO2. The lowest BCUT2D eigenvalue weighted by Gasteiger charge is -2.18. The first-order valence-corrected chi connectivity index (χ1v) is 8.14. The second-order valence-electron chi connectivity index (χ2n) is 5.25. The molecule has 0 spiro atoms. The van der Waals surface area contributed by atoms with Gasteiger partial charge in [0.15, 0.2) is 6.10 Å². The SMILES string of the molecule is Cc1cc(Br)cc(C)c1OC(C)C(=O)Nc1ccc(F)c(Cl)c1. The molecule has 2 aromatic rings. The first-order chi connectivity index (χ1) is 10.8. The van der Waals surface area contributed by atoms with Crippen LogP contribution in [0.1, 0.15) is 18.1 Å². The maximum Gasteiger partial charge on any atom is 0.265 e. The van der Waals surface area contributed by atoms with Crippen LogP contribution in [0.4, 0.5) is 10.1 Å². The molecule has 2 aromatic carbocycles. The predicted molar refractivity (Wildman–Crippen MR) is 93.7 cm³/mol. The van der Waals surface area contributed by atoms with E-state index in [-0.39, 0.29) is 10.9 Å². The molecule has 1 unspecified atom stereocenters. The van der Waals surface area contributed by atoms with Gasteiger partial charge in [0, 0.05) is 10.2 Å². The largest absolute Gasteiger partial charge is 0.480 e. The van der Waals surface area contributed by atoms with Gasteiger partial charge in [-0.3, -0.25) is 4.79 Å². The van der Waals surface area contributed by atoms with Gasteiger partial charge in [0.2, 0.25) is 0 Å². The molecule has 3 nitrogen and oxygen atoms in total. The topological polar surface area (TPSA) is 38.3 Å². The highest BCUT2D eigenvalue weighted by Crippen LogP contribution is 2.28. The van der Waals surface area contributed by atoms with Crippen LogP contribution in [-0.2, 0) is 4.79 Å². The Morgan fingerprint density at radius 3 is 2.43 bits per heavy atom. The fourth-order valence-corrected chi connectivity index (χ4v) is 3.00. The number of anilines is 1. The highest BCUT2D eigenvalue weighted by atomic mass is 79.9. The van der Waals surface area contributed by atoms with Gasteiger partial charge >= 0.3 is 0 Å². The van der Waals surface area contributed by atoms with Gasteiger partial charge in [-0.1, -0.05) is 27.5 Å². The Hall–Kier alpha value is -1.59. The molecule has 23 heavy (non-hydrogen) atoms. The van der Waals surface area contributed by atoms with E-state index in [1.54, 1.807) is 6.92 Å². The van der Waals surface area contributed by atoms with Crippen molar-refractivity contribution in [3.05, 3.63) is 56.8 Å².